The lowest BCUT2D eigenvalue weighted by molar-refractivity contribution is 0.567. The van der Waals surface area contributed by atoms with Gasteiger partial charge in [-0.1, -0.05) is 0 Å². The maximum Gasteiger partial charge on any atom is 0.290 e. The molecule has 0 spiro atoms. The van der Waals surface area contributed by atoms with E-state index in [0.29, 0.717) is 6.54 Å². The molecule has 0 aromatic heterocycles. The molecule has 0 amide bonds. The van der Waals surface area contributed by atoms with Crippen molar-refractivity contribution in [2.24, 2.45) is 5.73 Å². The maximum absolute atomic E-state index is 9.62. The molecule has 0 aliphatic rings. The molecule has 3 N–H and O–H groups in total. The van der Waals surface area contributed by atoms with Crippen LogP contribution in [0.25, 0.3) is 0 Å². The Morgan fingerprint density at radius 2 is 2.50 bits per heavy atom. The van der Waals surface area contributed by atoms with Crippen molar-refractivity contribution >= 4 is 13.6 Å². The zero-order chi connectivity index (χ0) is 6.24. The Kier molecular flexibility index (Phi) is 6.37. The summed E-state index contributed by atoms with van der Waals surface area (Å²) in [6.45, 7) is 1.45. The van der Waals surface area contributed by atoms with Crippen LogP contribution in [-0.2, 0) is 4.79 Å². The Balaban J connectivity index is 2.62. The molecule has 0 aromatic rings. The highest BCUT2D eigenvalue weighted by atomic mass is 16.1. The SMILES string of the molecule is NCCCN[B]C=O. The van der Waals surface area contributed by atoms with Crippen LogP contribution in [0.15, 0.2) is 0 Å². The second-order valence-corrected chi connectivity index (χ2v) is 1.40. The van der Waals surface area contributed by atoms with E-state index in [0.717, 1.165) is 19.2 Å². The summed E-state index contributed by atoms with van der Waals surface area (Å²) in [6, 6.07) is 0. The van der Waals surface area contributed by atoms with Gasteiger partial charge in [0, 0.05) is 0 Å². The summed E-state index contributed by atoms with van der Waals surface area (Å²) in [7, 11) is 1.37. The highest BCUT2D eigenvalue weighted by Gasteiger charge is 1.83. The van der Waals surface area contributed by atoms with Gasteiger partial charge in [0.2, 0.25) is 0 Å². The van der Waals surface area contributed by atoms with Gasteiger partial charge in [-0.15, -0.1) is 0 Å². The molecule has 1 radical (unpaired) electrons. The van der Waals surface area contributed by atoms with E-state index in [9.17, 15) is 4.79 Å². The highest BCUT2D eigenvalue weighted by Crippen LogP contribution is 1.64. The van der Waals surface area contributed by atoms with Crippen molar-refractivity contribution in [3.63, 3.8) is 0 Å². The smallest absolute Gasteiger partial charge is 0.290 e. The van der Waals surface area contributed by atoms with Crippen molar-refractivity contribution in [1.82, 2.24) is 5.23 Å². The molecule has 0 atom stereocenters. The minimum Gasteiger partial charge on any atom is -0.354 e. The van der Waals surface area contributed by atoms with Crippen molar-refractivity contribution < 1.29 is 4.79 Å². The molecule has 0 saturated carbocycles. The second kappa shape index (κ2) is 6.65. The average molecular weight is 113 g/mol. The molecular weight excluding hydrogens is 103 g/mol. The summed E-state index contributed by atoms with van der Waals surface area (Å²) in [5, 5.41) is 2.76. The second-order valence-electron chi connectivity index (χ2n) is 1.40. The van der Waals surface area contributed by atoms with E-state index in [-0.39, 0.29) is 0 Å². The minimum absolute atomic E-state index is 0.666. The van der Waals surface area contributed by atoms with Crippen LogP contribution in [0.2, 0.25) is 0 Å². The van der Waals surface area contributed by atoms with E-state index in [2.05, 4.69) is 5.23 Å². The van der Waals surface area contributed by atoms with Crippen LogP contribution in [0.5, 0.6) is 0 Å². The molecule has 0 aromatic carbocycles. The predicted molar refractivity (Wildman–Crippen MR) is 34.2 cm³/mol. The summed E-state index contributed by atoms with van der Waals surface area (Å²) < 4.78 is 0. The summed E-state index contributed by atoms with van der Waals surface area (Å²) in [5.41, 5.74) is 5.17. The Morgan fingerprint density at radius 1 is 1.75 bits per heavy atom. The standard InChI is InChI=1S/C4H10BN2O/c6-2-1-3-7-5-4-8/h4,7H,1-3,6H2. The van der Waals surface area contributed by atoms with Crippen LogP contribution >= 0.6 is 0 Å². The van der Waals surface area contributed by atoms with Crippen molar-refractivity contribution in [3.05, 3.63) is 0 Å². The number of nitrogens with two attached hydrogens (primary N) is 1. The molecule has 0 rings (SSSR count). The van der Waals surface area contributed by atoms with Gasteiger partial charge in [0.1, 0.15) is 0 Å². The normalized spacial score (nSPS) is 8.62. The van der Waals surface area contributed by atoms with Crippen LogP contribution in [0.1, 0.15) is 6.42 Å². The van der Waals surface area contributed by atoms with Gasteiger partial charge in [0.05, 0.1) is 6.19 Å². The number of hydrogen-bond donors (Lipinski definition) is 2. The molecule has 0 unspecified atom stereocenters. The molecule has 8 heavy (non-hydrogen) atoms. The van der Waals surface area contributed by atoms with Crippen molar-refractivity contribution in [2.75, 3.05) is 13.1 Å². The van der Waals surface area contributed by atoms with E-state index in [1.54, 1.807) is 0 Å². The molecule has 3 nitrogen and oxygen atoms in total. The summed E-state index contributed by atoms with van der Waals surface area (Å²) in [5.74, 6) is 0. The van der Waals surface area contributed by atoms with Gasteiger partial charge >= 0.3 is 0 Å². The predicted octanol–water partition coefficient (Wildman–Crippen LogP) is -1.27. The monoisotopic (exact) mass is 113 g/mol. The number of nitrogens with one attached hydrogen (secondary N) is 1. The van der Waals surface area contributed by atoms with Crippen LogP contribution in [-0.4, -0.2) is 26.7 Å². The van der Waals surface area contributed by atoms with Crippen LogP contribution in [0.4, 0.5) is 0 Å². The minimum atomic E-state index is 0.666. The summed E-state index contributed by atoms with van der Waals surface area (Å²) in [4.78, 5) is 9.62. The third-order valence-corrected chi connectivity index (χ3v) is 0.711. The van der Waals surface area contributed by atoms with Crippen molar-refractivity contribution in [3.8, 4) is 0 Å². The van der Waals surface area contributed by atoms with E-state index >= 15 is 0 Å². The van der Waals surface area contributed by atoms with E-state index < -0.39 is 0 Å². The molecule has 0 aliphatic heterocycles. The molecule has 0 heterocycles. The zero-order valence-corrected chi connectivity index (χ0v) is 4.76. The fourth-order valence-electron chi connectivity index (χ4n) is 0.336. The number of hydrogen-bond acceptors (Lipinski definition) is 3. The van der Waals surface area contributed by atoms with Crippen LogP contribution in [0, 0.1) is 0 Å². The first-order chi connectivity index (χ1) is 3.91. The zero-order valence-electron chi connectivity index (χ0n) is 4.76. The maximum atomic E-state index is 9.62. The van der Waals surface area contributed by atoms with Crippen LogP contribution < -0.4 is 11.0 Å². The Morgan fingerprint density at radius 3 is 3.00 bits per heavy atom. The average Bonchev–Trinajstić information content (AvgIpc) is 1.81. The van der Waals surface area contributed by atoms with E-state index in [1.807, 2.05) is 0 Å². The van der Waals surface area contributed by atoms with Gasteiger partial charge < -0.3 is 15.8 Å². The van der Waals surface area contributed by atoms with Gasteiger partial charge in [-0.2, -0.15) is 0 Å². The lowest BCUT2D eigenvalue weighted by Crippen LogP contribution is -2.23. The number of rotatable bonds is 5. The largest absolute Gasteiger partial charge is 0.354 e. The molecule has 0 fully saturated rings. The highest BCUT2D eigenvalue weighted by molar-refractivity contribution is 6.64. The number of carbonyl (C=O) groups is 1. The first kappa shape index (κ1) is 7.65. The van der Waals surface area contributed by atoms with Crippen molar-refractivity contribution in [1.29, 1.82) is 0 Å². The molecular formula is C4H10BN2O. The third-order valence-electron chi connectivity index (χ3n) is 0.711. The number of carbonyl (C=O) groups excluding carboxylic acids is 1. The molecule has 0 saturated heterocycles. The fraction of sp³-hybridized carbons (Fsp3) is 0.750. The Labute approximate surface area is 49.9 Å². The first-order valence-corrected chi connectivity index (χ1v) is 2.62. The lowest BCUT2D eigenvalue weighted by atomic mass is 9.99. The topological polar surface area (TPSA) is 55.1 Å². The van der Waals surface area contributed by atoms with Gasteiger partial charge in [-0.05, 0) is 19.5 Å². The summed E-state index contributed by atoms with van der Waals surface area (Å²) in [6.07, 6.45) is 1.63. The van der Waals surface area contributed by atoms with Crippen LogP contribution in [0.3, 0.4) is 0 Å². The quantitative estimate of drug-likeness (QED) is 0.265. The van der Waals surface area contributed by atoms with Gasteiger partial charge in [-0.25, -0.2) is 0 Å². The van der Waals surface area contributed by atoms with Gasteiger partial charge in [0.25, 0.3) is 7.41 Å². The molecule has 0 aliphatic carbocycles. The third kappa shape index (κ3) is 5.65. The van der Waals surface area contributed by atoms with Gasteiger partial charge in [0.15, 0.2) is 0 Å². The van der Waals surface area contributed by atoms with Gasteiger partial charge in [-0.3, -0.25) is 0 Å². The molecule has 4 heteroatoms. The molecule has 45 valence electrons. The van der Waals surface area contributed by atoms with E-state index in [4.69, 9.17) is 5.73 Å². The fourth-order valence-corrected chi connectivity index (χ4v) is 0.336. The lowest BCUT2D eigenvalue weighted by Gasteiger charge is -1.93. The Hall–Kier alpha value is -0.345. The summed E-state index contributed by atoms with van der Waals surface area (Å²) >= 11 is 0. The first-order valence-electron chi connectivity index (χ1n) is 2.62. The van der Waals surface area contributed by atoms with E-state index in [1.165, 1.54) is 7.41 Å². The van der Waals surface area contributed by atoms with Crippen molar-refractivity contribution in [2.45, 2.75) is 6.42 Å². The Bertz CT molecular complexity index is 60.0. The molecule has 0 bridgehead atoms.